The lowest BCUT2D eigenvalue weighted by Crippen LogP contribution is -1.96. The van der Waals surface area contributed by atoms with E-state index in [0.29, 0.717) is 10.9 Å². The molecule has 5 aromatic rings. The molecular formula is C18H14N6S. The summed E-state index contributed by atoms with van der Waals surface area (Å²) in [4.78, 5) is 12.6. The van der Waals surface area contributed by atoms with E-state index >= 15 is 0 Å². The number of aromatic amines is 1. The molecule has 0 saturated heterocycles. The van der Waals surface area contributed by atoms with Gasteiger partial charge in [0.2, 0.25) is 5.16 Å². The van der Waals surface area contributed by atoms with E-state index in [-0.39, 0.29) is 0 Å². The Kier molecular flexibility index (Phi) is 3.21. The van der Waals surface area contributed by atoms with Gasteiger partial charge in [0.15, 0.2) is 5.65 Å². The van der Waals surface area contributed by atoms with Crippen LogP contribution in [0.15, 0.2) is 53.7 Å². The number of nitrogens with zero attached hydrogens (tertiary/aromatic N) is 5. The number of thioether (sulfide) groups is 1. The third kappa shape index (κ3) is 2.35. The number of hydrogen-bond donors (Lipinski definition) is 1. The number of fused-ring (bicyclic) bond motifs is 4. The van der Waals surface area contributed by atoms with Gasteiger partial charge in [-0.3, -0.25) is 0 Å². The van der Waals surface area contributed by atoms with Crippen molar-refractivity contribution < 1.29 is 0 Å². The van der Waals surface area contributed by atoms with Gasteiger partial charge in [-0.05, 0) is 18.2 Å². The molecule has 0 atom stereocenters. The molecule has 0 radical (unpaired) electrons. The second kappa shape index (κ2) is 5.56. The molecule has 122 valence electrons. The number of rotatable bonds is 3. The largest absolute Gasteiger partial charge is 0.341 e. The summed E-state index contributed by atoms with van der Waals surface area (Å²) in [6.45, 7) is 0. The molecule has 7 heteroatoms. The van der Waals surface area contributed by atoms with Crippen LogP contribution in [0.2, 0.25) is 0 Å². The highest BCUT2D eigenvalue weighted by Gasteiger charge is 2.13. The minimum Gasteiger partial charge on any atom is -0.341 e. The highest BCUT2D eigenvalue weighted by Crippen LogP contribution is 2.26. The molecule has 0 bridgehead atoms. The summed E-state index contributed by atoms with van der Waals surface area (Å²) < 4.78 is 2.06. The fourth-order valence-electron chi connectivity index (χ4n) is 3.06. The number of nitrogens with one attached hydrogen (secondary N) is 1. The van der Waals surface area contributed by atoms with Crippen molar-refractivity contribution in [3.05, 3.63) is 54.4 Å². The van der Waals surface area contributed by atoms with Crippen LogP contribution in [0.25, 0.3) is 33.1 Å². The zero-order valence-corrected chi connectivity index (χ0v) is 14.3. The van der Waals surface area contributed by atoms with Crippen molar-refractivity contribution >= 4 is 44.9 Å². The Bertz CT molecular complexity index is 1190. The first-order chi connectivity index (χ1) is 12.3. The third-order valence-corrected chi connectivity index (χ3v) is 5.11. The third-order valence-electron chi connectivity index (χ3n) is 4.26. The van der Waals surface area contributed by atoms with Gasteiger partial charge in [-0.15, -0.1) is 10.2 Å². The number of hydrogen-bond acceptors (Lipinski definition) is 5. The first-order valence-electron chi connectivity index (χ1n) is 7.94. The lowest BCUT2D eigenvalue weighted by molar-refractivity contribution is 0.854. The van der Waals surface area contributed by atoms with Crippen LogP contribution in [0.3, 0.4) is 0 Å². The predicted molar refractivity (Wildman–Crippen MR) is 99.5 cm³/mol. The number of aryl methyl sites for hydroxylation is 1. The van der Waals surface area contributed by atoms with Gasteiger partial charge >= 0.3 is 0 Å². The average Bonchev–Trinajstić information content (AvgIpc) is 3.20. The summed E-state index contributed by atoms with van der Waals surface area (Å²) in [5.41, 5.74) is 4.82. The minimum atomic E-state index is 0.652. The van der Waals surface area contributed by atoms with Crippen molar-refractivity contribution in [3.8, 4) is 0 Å². The number of aromatic nitrogens is 6. The fourth-order valence-corrected chi connectivity index (χ4v) is 3.71. The molecule has 0 amide bonds. The summed E-state index contributed by atoms with van der Waals surface area (Å²) in [7, 11) is 2.01. The van der Waals surface area contributed by atoms with Gasteiger partial charge in [-0.1, -0.05) is 42.1 Å². The molecule has 0 aliphatic carbocycles. The highest BCUT2D eigenvalue weighted by molar-refractivity contribution is 7.98. The van der Waals surface area contributed by atoms with E-state index in [9.17, 15) is 0 Å². The van der Waals surface area contributed by atoms with Gasteiger partial charge in [-0.2, -0.15) is 0 Å². The molecule has 1 N–H and O–H groups in total. The molecule has 0 aliphatic rings. The lowest BCUT2D eigenvalue weighted by Gasteiger charge is -1.99. The van der Waals surface area contributed by atoms with Crippen molar-refractivity contribution in [2.45, 2.75) is 10.9 Å². The molecule has 3 aromatic heterocycles. The van der Waals surface area contributed by atoms with E-state index in [1.165, 1.54) is 11.8 Å². The first kappa shape index (κ1) is 14.4. The average molecular weight is 346 g/mol. The second-order valence-corrected chi connectivity index (χ2v) is 6.77. The van der Waals surface area contributed by atoms with Crippen molar-refractivity contribution in [2.24, 2.45) is 7.05 Å². The van der Waals surface area contributed by atoms with Gasteiger partial charge in [0, 0.05) is 12.4 Å². The quantitative estimate of drug-likeness (QED) is 0.505. The molecule has 2 aromatic carbocycles. The van der Waals surface area contributed by atoms with Crippen LogP contribution >= 0.6 is 11.8 Å². The molecule has 0 fully saturated rings. The maximum absolute atomic E-state index is 4.69. The van der Waals surface area contributed by atoms with E-state index in [4.69, 9.17) is 4.98 Å². The summed E-state index contributed by atoms with van der Waals surface area (Å²) in [5.74, 6) is 1.58. The molecule has 25 heavy (non-hydrogen) atoms. The summed E-state index contributed by atoms with van der Waals surface area (Å²) in [6, 6.07) is 16.2. The van der Waals surface area contributed by atoms with Crippen molar-refractivity contribution in [3.63, 3.8) is 0 Å². The van der Waals surface area contributed by atoms with Crippen molar-refractivity contribution in [2.75, 3.05) is 0 Å². The SMILES string of the molecule is Cn1c2ccccc2c2nnc(SCc3nc4ccccc4[nH]3)nc21. The van der Waals surface area contributed by atoms with E-state index in [1.807, 2.05) is 43.4 Å². The van der Waals surface area contributed by atoms with Crippen molar-refractivity contribution in [1.82, 2.24) is 29.7 Å². The Balaban J connectivity index is 1.48. The van der Waals surface area contributed by atoms with Crippen LogP contribution < -0.4 is 0 Å². The molecule has 6 nitrogen and oxygen atoms in total. The Hall–Kier alpha value is -2.93. The van der Waals surface area contributed by atoms with Crippen molar-refractivity contribution in [1.29, 1.82) is 0 Å². The van der Waals surface area contributed by atoms with E-state index < -0.39 is 0 Å². The summed E-state index contributed by atoms with van der Waals surface area (Å²) in [6.07, 6.45) is 0. The van der Waals surface area contributed by atoms with E-state index in [1.54, 1.807) is 0 Å². The predicted octanol–water partition coefficient (Wildman–Crippen LogP) is 3.69. The van der Waals surface area contributed by atoms with Gasteiger partial charge in [0.05, 0.1) is 22.3 Å². The first-order valence-corrected chi connectivity index (χ1v) is 8.92. The molecule has 3 heterocycles. The molecule has 0 saturated carbocycles. The zero-order valence-electron chi connectivity index (χ0n) is 13.5. The van der Waals surface area contributed by atoms with Crippen LogP contribution in [0, 0.1) is 0 Å². The monoisotopic (exact) mass is 346 g/mol. The minimum absolute atomic E-state index is 0.652. The smallest absolute Gasteiger partial charge is 0.211 e. The van der Waals surface area contributed by atoms with Gasteiger partial charge < -0.3 is 9.55 Å². The van der Waals surface area contributed by atoms with Crippen LogP contribution in [0.4, 0.5) is 0 Å². The van der Waals surface area contributed by atoms with Gasteiger partial charge in [0.25, 0.3) is 0 Å². The summed E-state index contributed by atoms with van der Waals surface area (Å²) in [5, 5.41) is 10.4. The molecule has 0 spiro atoms. The van der Waals surface area contributed by atoms with Crippen LogP contribution in [-0.2, 0) is 12.8 Å². The van der Waals surface area contributed by atoms with E-state index in [0.717, 1.165) is 38.9 Å². The topological polar surface area (TPSA) is 72.3 Å². The van der Waals surface area contributed by atoms with Crippen LogP contribution in [-0.4, -0.2) is 29.7 Å². The Morgan fingerprint density at radius 2 is 1.84 bits per heavy atom. The molecule has 0 aliphatic heterocycles. The van der Waals surface area contributed by atoms with E-state index in [2.05, 4.69) is 36.9 Å². The van der Waals surface area contributed by atoms with Crippen LogP contribution in [0.5, 0.6) is 0 Å². The van der Waals surface area contributed by atoms with Gasteiger partial charge in [-0.25, -0.2) is 9.97 Å². The Labute approximate surface area is 147 Å². The molecular weight excluding hydrogens is 332 g/mol. The molecule has 5 rings (SSSR count). The Morgan fingerprint density at radius 3 is 2.76 bits per heavy atom. The number of benzene rings is 2. The zero-order chi connectivity index (χ0) is 16.8. The second-order valence-electron chi connectivity index (χ2n) is 5.83. The maximum atomic E-state index is 4.69. The number of imidazole rings is 1. The summed E-state index contributed by atoms with van der Waals surface area (Å²) >= 11 is 1.53. The molecule has 0 unspecified atom stereocenters. The highest BCUT2D eigenvalue weighted by atomic mass is 32.2. The van der Waals surface area contributed by atoms with Gasteiger partial charge in [0.1, 0.15) is 11.3 Å². The lowest BCUT2D eigenvalue weighted by atomic mass is 10.2. The van der Waals surface area contributed by atoms with Crippen LogP contribution in [0.1, 0.15) is 5.82 Å². The Morgan fingerprint density at radius 1 is 1.00 bits per heavy atom. The number of H-pyrrole nitrogens is 1. The standard InChI is InChI=1S/C18H14N6S/c1-24-14-9-5-2-6-11(14)16-17(24)21-18(23-22-16)25-10-15-19-12-7-3-4-8-13(12)20-15/h2-9H,10H2,1H3,(H,19,20). The fraction of sp³-hybridized carbons (Fsp3) is 0.111. The maximum Gasteiger partial charge on any atom is 0.211 e. The normalized spacial score (nSPS) is 11.7. The number of para-hydroxylation sites is 3.